The molecule has 0 saturated carbocycles. The summed E-state index contributed by atoms with van der Waals surface area (Å²) in [6.45, 7) is 10.3. The van der Waals surface area contributed by atoms with Crippen LogP contribution in [0.15, 0.2) is 27.6 Å². The number of thioether (sulfide) groups is 1. The molecule has 0 atom stereocenters. The molecule has 106 valence electrons. The largest absolute Gasteiger partial charge is 0.465 e. The van der Waals surface area contributed by atoms with Gasteiger partial charge in [0, 0.05) is 14.6 Å². The maximum atomic E-state index is 12.0. The quantitative estimate of drug-likeness (QED) is 0.567. The molecule has 0 N–H and O–H groups in total. The molecular formula is C15H21BrO2S. The van der Waals surface area contributed by atoms with Crippen LogP contribution in [0.4, 0.5) is 0 Å². The van der Waals surface area contributed by atoms with E-state index in [1.807, 2.05) is 32.9 Å². The molecule has 0 spiro atoms. The van der Waals surface area contributed by atoms with Crippen molar-refractivity contribution in [3.63, 3.8) is 0 Å². The van der Waals surface area contributed by atoms with Crippen molar-refractivity contribution in [1.82, 2.24) is 0 Å². The summed E-state index contributed by atoms with van der Waals surface area (Å²) in [5.74, 6) is -0.189. The lowest BCUT2D eigenvalue weighted by Crippen LogP contribution is -2.31. The van der Waals surface area contributed by atoms with Gasteiger partial charge in [-0.2, -0.15) is 0 Å². The molecule has 0 saturated heterocycles. The fourth-order valence-corrected chi connectivity index (χ4v) is 3.15. The summed E-state index contributed by atoms with van der Waals surface area (Å²) in [5.41, 5.74) is 0.338. The van der Waals surface area contributed by atoms with Gasteiger partial charge in [-0.15, -0.1) is 11.8 Å². The highest BCUT2D eigenvalue weighted by Crippen LogP contribution is 2.34. The number of carbonyl (C=O) groups is 1. The fourth-order valence-electron chi connectivity index (χ4n) is 1.67. The van der Waals surface area contributed by atoms with Gasteiger partial charge in [0.1, 0.15) is 0 Å². The van der Waals surface area contributed by atoms with Crippen molar-refractivity contribution < 1.29 is 9.53 Å². The van der Waals surface area contributed by atoms with Gasteiger partial charge in [0.25, 0.3) is 0 Å². The summed E-state index contributed by atoms with van der Waals surface area (Å²) >= 11 is 5.38. The molecule has 19 heavy (non-hydrogen) atoms. The Hall–Kier alpha value is -0.480. The highest BCUT2D eigenvalue weighted by Gasteiger charge is 2.31. The predicted octanol–water partition coefficient (Wildman–Crippen LogP) is 4.79. The van der Waals surface area contributed by atoms with Gasteiger partial charge >= 0.3 is 5.97 Å². The zero-order valence-electron chi connectivity index (χ0n) is 12.1. The minimum atomic E-state index is -0.625. The van der Waals surface area contributed by atoms with Crippen molar-refractivity contribution in [3.05, 3.63) is 28.2 Å². The number of hydrogen-bond acceptors (Lipinski definition) is 3. The number of benzene rings is 1. The summed E-state index contributed by atoms with van der Waals surface area (Å²) in [6, 6.07) is 6.08. The van der Waals surface area contributed by atoms with Gasteiger partial charge in [0.15, 0.2) is 0 Å². The molecule has 1 rings (SSSR count). The predicted molar refractivity (Wildman–Crippen MR) is 84.8 cm³/mol. The third-order valence-electron chi connectivity index (χ3n) is 2.80. The van der Waals surface area contributed by atoms with Crippen molar-refractivity contribution in [1.29, 1.82) is 0 Å². The molecule has 1 aromatic rings. The van der Waals surface area contributed by atoms with Gasteiger partial charge in [-0.3, -0.25) is 4.79 Å². The highest BCUT2D eigenvalue weighted by atomic mass is 79.9. The van der Waals surface area contributed by atoms with Gasteiger partial charge in [-0.1, -0.05) is 19.9 Å². The van der Waals surface area contributed by atoms with Crippen LogP contribution in [0.5, 0.6) is 0 Å². The van der Waals surface area contributed by atoms with Crippen LogP contribution in [-0.4, -0.2) is 17.8 Å². The van der Waals surface area contributed by atoms with Crippen LogP contribution in [0.2, 0.25) is 0 Å². The van der Waals surface area contributed by atoms with E-state index in [9.17, 15) is 4.79 Å². The Morgan fingerprint density at radius 2 is 2.05 bits per heavy atom. The van der Waals surface area contributed by atoms with Crippen LogP contribution < -0.4 is 0 Å². The Morgan fingerprint density at radius 1 is 1.42 bits per heavy atom. The number of carbonyl (C=O) groups excluding carboxylic acids is 1. The maximum Gasteiger partial charge on any atom is 0.315 e. The zero-order chi connectivity index (χ0) is 14.6. The van der Waals surface area contributed by atoms with E-state index in [-0.39, 0.29) is 5.97 Å². The summed E-state index contributed by atoms with van der Waals surface area (Å²) < 4.78 is 6.17. The summed E-state index contributed by atoms with van der Waals surface area (Å²) in [6.07, 6.45) is 0. The first-order chi connectivity index (χ1) is 8.78. The lowest BCUT2D eigenvalue weighted by Gasteiger charge is -2.23. The number of hydrogen-bond donors (Lipinski definition) is 0. The zero-order valence-corrected chi connectivity index (χ0v) is 14.5. The van der Waals surface area contributed by atoms with E-state index >= 15 is 0 Å². The second-order valence-electron chi connectivity index (χ2n) is 5.16. The van der Waals surface area contributed by atoms with E-state index < -0.39 is 5.41 Å². The fraction of sp³-hybridized carbons (Fsp3) is 0.533. The molecule has 2 nitrogen and oxygen atoms in total. The Labute approximate surface area is 128 Å². The molecule has 0 bridgehead atoms. The molecule has 0 aliphatic heterocycles. The first-order valence-electron chi connectivity index (χ1n) is 6.43. The molecule has 0 heterocycles. The van der Waals surface area contributed by atoms with E-state index in [1.165, 1.54) is 4.90 Å². The van der Waals surface area contributed by atoms with Crippen LogP contribution in [0.1, 0.15) is 40.2 Å². The Morgan fingerprint density at radius 3 is 2.53 bits per heavy atom. The third kappa shape index (κ3) is 4.25. The van der Waals surface area contributed by atoms with Crippen LogP contribution in [0, 0.1) is 0 Å². The first kappa shape index (κ1) is 16.6. The van der Waals surface area contributed by atoms with Gasteiger partial charge in [-0.25, -0.2) is 0 Å². The van der Waals surface area contributed by atoms with E-state index in [2.05, 4.69) is 35.8 Å². The molecule has 0 radical (unpaired) electrons. The van der Waals surface area contributed by atoms with E-state index in [0.29, 0.717) is 11.9 Å². The Kier molecular flexibility index (Phi) is 5.93. The summed E-state index contributed by atoms with van der Waals surface area (Å²) in [7, 11) is 0. The highest BCUT2D eigenvalue weighted by molar-refractivity contribution is 9.10. The molecule has 4 heteroatoms. The summed E-state index contributed by atoms with van der Waals surface area (Å²) in [4.78, 5) is 13.2. The second-order valence-corrected chi connectivity index (χ2v) is 7.63. The summed E-state index contributed by atoms with van der Waals surface area (Å²) in [5, 5.41) is 0.528. The van der Waals surface area contributed by atoms with Crippen molar-refractivity contribution >= 4 is 33.7 Å². The molecule has 1 aromatic carbocycles. The van der Waals surface area contributed by atoms with E-state index in [4.69, 9.17) is 4.74 Å². The smallest absolute Gasteiger partial charge is 0.315 e. The van der Waals surface area contributed by atoms with Gasteiger partial charge < -0.3 is 4.74 Å². The minimum Gasteiger partial charge on any atom is -0.465 e. The number of halogens is 1. The van der Waals surface area contributed by atoms with Gasteiger partial charge in [-0.05, 0) is 54.4 Å². The third-order valence-corrected chi connectivity index (χ3v) is 4.80. The molecule has 0 amide bonds. The van der Waals surface area contributed by atoms with Crippen LogP contribution >= 0.6 is 27.7 Å². The number of ether oxygens (including phenoxy) is 1. The lowest BCUT2D eigenvalue weighted by molar-refractivity contribution is -0.148. The monoisotopic (exact) mass is 344 g/mol. The van der Waals surface area contributed by atoms with Crippen molar-refractivity contribution in [3.8, 4) is 0 Å². The second kappa shape index (κ2) is 6.80. The Bertz CT molecular complexity index is 455. The van der Waals surface area contributed by atoms with Crippen molar-refractivity contribution in [2.75, 3.05) is 6.61 Å². The van der Waals surface area contributed by atoms with Gasteiger partial charge in [0.2, 0.25) is 0 Å². The molecular weight excluding hydrogens is 324 g/mol. The lowest BCUT2D eigenvalue weighted by atomic mass is 9.85. The normalized spacial score (nSPS) is 11.7. The standard InChI is InChI=1S/C15H21BrO2S/c1-6-18-14(17)15(4,5)11-7-8-13(12(16)9-11)19-10(2)3/h7-10H,6H2,1-5H3. The van der Waals surface area contributed by atoms with E-state index in [0.717, 1.165) is 10.0 Å². The van der Waals surface area contributed by atoms with Crippen LogP contribution in [0.25, 0.3) is 0 Å². The van der Waals surface area contributed by atoms with Crippen LogP contribution in [-0.2, 0) is 14.9 Å². The SMILES string of the molecule is CCOC(=O)C(C)(C)c1ccc(SC(C)C)c(Br)c1. The first-order valence-corrected chi connectivity index (χ1v) is 8.10. The molecule has 0 unspecified atom stereocenters. The average molecular weight is 345 g/mol. The number of rotatable bonds is 5. The molecule has 0 fully saturated rings. The molecule has 0 aliphatic rings. The van der Waals surface area contributed by atoms with Crippen LogP contribution in [0.3, 0.4) is 0 Å². The van der Waals surface area contributed by atoms with Gasteiger partial charge in [0.05, 0.1) is 12.0 Å². The molecule has 0 aromatic heterocycles. The maximum absolute atomic E-state index is 12.0. The van der Waals surface area contributed by atoms with E-state index in [1.54, 1.807) is 11.8 Å². The molecule has 0 aliphatic carbocycles. The number of esters is 1. The Balaban J connectivity index is 3.02. The topological polar surface area (TPSA) is 26.3 Å². The minimum absolute atomic E-state index is 0.189. The van der Waals surface area contributed by atoms with Crippen molar-refractivity contribution in [2.24, 2.45) is 0 Å². The van der Waals surface area contributed by atoms with Crippen molar-refractivity contribution in [2.45, 2.75) is 50.2 Å². The average Bonchev–Trinajstić information content (AvgIpc) is 2.31.